The molecule has 1 N–H and O–H groups in total. The number of amides is 2. The molecule has 0 bridgehead atoms. The van der Waals surface area contributed by atoms with Gasteiger partial charge in [0.25, 0.3) is 0 Å². The van der Waals surface area contributed by atoms with Crippen LogP contribution in [-0.4, -0.2) is 61.2 Å². The molecule has 0 unspecified atom stereocenters. The zero-order valence-corrected chi connectivity index (χ0v) is 13.3. The third-order valence-corrected chi connectivity index (χ3v) is 4.53. The van der Waals surface area contributed by atoms with Gasteiger partial charge in [0.05, 0.1) is 12.7 Å². The Bertz CT molecular complexity index is 540. The molecule has 0 aliphatic carbocycles. The molecule has 2 heterocycles. The second kappa shape index (κ2) is 7.75. The van der Waals surface area contributed by atoms with Crippen molar-refractivity contribution in [1.82, 2.24) is 15.1 Å². The molecule has 0 spiro atoms. The van der Waals surface area contributed by atoms with Crippen LogP contribution in [-0.2, 0) is 11.3 Å². The van der Waals surface area contributed by atoms with Crippen molar-refractivity contribution in [3.63, 3.8) is 0 Å². The number of nitrogens with zero attached hydrogens (tertiary/aromatic N) is 2. The number of ether oxygens (including phenoxy) is 1. The lowest BCUT2D eigenvalue weighted by atomic mass is 10.1. The summed E-state index contributed by atoms with van der Waals surface area (Å²) in [5.74, 6) is -0.208. The highest BCUT2D eigenvalue weighted by Gasteiger charge is 2.23. The lowest BCUT2D eigenvalue weighted by Crippen LogP contribution is -2.44. The van der Waals surface area contributed by atoms with Crippen molar-refractivity contribution in [1.29, 1.82) is 0 Å². The maximum Gasteiger partial charge on any atom is 0.317 e. The third-order valence-electron chi connectivity index (χ3n) is 4.53. The zero-order valence-electron chi connectivity index (χ0n) is 13.3. The Labute approximate surface area is 136 Å². The minimum atomic E-state index is -0.208. The highest BCUT2D eigenvalue weighted by molar-refractivity contribution is 5.76. The average Bonchev–Trinajstić information content (AvgIpc) is 2.98. The third kappa shape index (κ3) is 4.42. The zero-order chi connectivity index (χ0) is 16.1. The van der Waals surface area contributed by atoms with Gasteiger partial charge in [-0.15, -0.1) is 0 Å². The standard InChI is InChI=1S/C17H24FN3O2/c18-16-6-2-1-4-14(16)13-23-15-5-3-8-20(12-15)10-11-21-9-7-19-17(21)22/h1-2,4,6,15H,3,5,7-13H2,(H,19,22)/t15-/m0/s1. The maximum absolute atomic E-state index is 13.6. The van der Waals surface area contributed by atoms with E-state index >= 15 is 0 Å². The molecule has 1 aromatic rings. The molecule has 2 aliphatic heterocycles. The van der Waals surface area contributed by atoms with Crippen LogP contribution in [0.5, 0.6) is 0 Å². The first-order valence-electron chi connectivity index (χ1n) is 8.32. The summed E-state index contributed by atoms with van der Waals surface area (Å²) >= 11 is 0. The van der Waals surface area contributed by atoms with Crippen LogP contribution >= 0.6 is 0 Å². The number of rotatable bonds is 6. The summed E-state index contributed by atoms with van der Waals surface area (Å²) in [5.41, 5.74) is 0.610. The summed E-state index contributed by atoms with van der Waals surface area (Å²) < 4.78 is 19.5. The molecule has 23 heavy (non-hydrogen) atoms. The van der Waals surface area contributed by atoms with Gasteiger partial charge in [-0.2, -0.15) is 0 Å². The predicted octanol–water partition coefficient (Wildman–Crippen LogP) is 1.83. The van der Waals surface area contributed by atoms with Gasteiger partial charge >= 0.3 is 6.03 Å². The molecule has 1 atom stereocenters. The Balaban J connectivity index is 1.43. The van der Waals surface area contributed by atoms with E-state index in [4.69, 9.17) is 4.74 Å². The Morgan fingerprint density at radius 1 is 1.26 bits per heavy atom. The van der Waals surface area contributed by atoms with Crippen LogP contribution in [0.25, 0.3) is 0 Å². The number of carbonyl (C=O) groups is 1. The fourth-order valence-electron chi connectivity index (χ4n) is 3.16. The molecule has 2 saturated heterocycles. The van der Waals surface area contributed by atoms with Gasteiger partial charge in [-0.3, -0.25) is 4.90 Å². The second-order valence-corrected chi connectivity index (χ2v) is 6.19. The maximum atomic E-state index is 13.6. The molecule has 2 amide bonds. The number of nitrogens with one attached hydrogen (secondary N) is 1. The van der Waals surface area contributed by atoms with Gasteiger partial charge in [0, 0.05) is 38.3 Å². The van der Waals surface area contributed by atoms with Crippen LogP contribution in [0.4, 0.5) is 9.18 Å². The van der Waals surface area contributed by atoms with Crippen molar-refractivity contribution in [2.24, 2.45) is 0 Å². The number of likely N-dealkylation sites (tertiary alicyclic amines) is 1. The molecule has 2 fully saturated rings. The predicted molar refractivity (Wildman–Crippen MR) is 85.6 cm³/mol. The summed E-state index contributed by atoms with van der Waals surface area (Å²) in [6.07, 6.45) is 2.22. The molecule has 0 aromatic heterocycles. The molecule has 6 heteroatoms. The van der Waals surface area contributed by atoms with Crippen LogP contribution in [0, 0.1) is 5.82 Å². The number of hydrogen-bond donors (Lipinski definition) is 1. The highest BCUT2D eigenvalue weighted by atomic mass is 19.1. The Hall–Kier alpha value is -1.66. The Morgan fingerprint density at radius 2 is 2.13 bits per heavy atom. The van der Waals surface area contributed by atoms with Crippen molar-refractivity contribution in [3.05, 3.63) is 35.6 Å². The molecular weight excluding hydrogens is 297 g/mol. The molecule has 2 aliphatic rings. The Morgan fingerprint density at radius 3 is 2.91 bits per heavy atom. The largest absolute Gasteiger partial charge is 0.372 e. The van der Waals surface area contributed by atoms with Crippen LogP contribution in [0.2, 0.25) is 0 Å². The number of halogens is 1. The van der Waals surface area contributed by atoms with Crippen LogP contribution in [0.15, 0.2) is 24.3 Å². The molecule has 5 nitrogen and oxygen atoms in total. The van der Waals surface area contributed by atoms with E-state index in [-0.39, 0.29) is 18.0 Å². The average molecular weight is 321 g/mol. The Kier molecular flexibility index (Phi) is 5.46. The molecular formula is C17H24FN3O2. The van der Waals surface area contributed by atoms with E-state index in [1.165, 1.54) is 6.07 Å². The lowest BCUT2D eigenvalue weighted by molar-refractivity contribution is -0.0117. The fourth-order valence-corrected chi connectivity index (χ4v) is 3.16. The van der Waals surface area contributed by atoms with E-state index in [1.807, 2.05) is 11.0 Å². The number of urea groups is 1. The van der Waals surface area contributed by atoms with E-state index in [2.05, 4.69) is 10.2 Å². The molecule has 0 saturated carbocycles. The van der Waals surface area contributed by atoms with Gasteiger partial charge in [0.1, 0.15) is 5.82 Å². The monoisotopic (exact) mass is 321 g/mol. The van der Waals surface area contributed by atoms with Gasteiger partial charge in [-0.25, -0.2) is 9.18 Å². The van der Waals surface area contributed by atoms with E-state index in [0.717, 1.165) is 52.1 Å². The van der Waals surface area contributed by atoms with Gasteiger partial charge in [0.15, 0.2) is 0 Å². The van der Waals surface area contributed by atoms with Gasteiger partial charge in [-0.05, 0) is 25.5 Å². The van der Waals surface area contributed by atoms with Crippen molar-refractivity contribution in [2.45, 2.75) is 25.6 Å². The summed E-state index contributed by atoms with van der Waals surface area (Å²) in [6, 6.07) is 6.79. The van der Waals surface area contributed by atoms with Crippen LogP contribution in [0.3, 0.4) is 0 Å². The molecule has 126 valence electrons. The summed E-state index contributed by atoms with van der Waals surface area (Å²) in [6.45, 7) is 5.37. The van der Waals surface area contributed by atoms with Gasteiger partial charge in [0.2, 0.25) is 0 Å². The van der Waals surface area contributed by atoms with E-state index in [0.29, 0.717) is 12.2 Å². The van der Waals surface area contributed by atoms with E-state index in [1.54, 1.807) is 12.1 Å². The summed E-state index contributed by atoms with van der Waals surface area (Å²) in [5, 5.41) is 2.82. The van der Waals surface area contributed by atoms with Crippen molar-refractivity contribution >= 4 is 6.03 Å². The quantitative estimate of drug-likeness (QED) is 0.869. The first-order valence-corrected chi connectivity index (χ1v) is 8.32. The highest BCUT2D eigenvalue weighted by Crippen LogP contribution is 2.16. The minimum absolute atomic E-state index is 0.0364. The topological polar surface area (TPSA) is 44.8 Å². The fraction of sp³-hybridized carbons (Fsp3) is 0.588. The van der Waals surface area contributed by atoms with E-state index in [9.17, 15) is 9.18 Å². The van der Waals surface area contributed by atoms with Crippen molar-refractivity contribution in [2.75, 3.05) is 39.3 Å². The van der Waals surface area contributed by atoms with Crippen LogP contribution in [0.1, 0.15) is 18.4 Å². The minimum Gasteiger partial charge on any atom is -0.372 e. The van der Waals surface area contributed by atoms with Gasteiger partial charge < -0.3 is 15.0 Å². The first kappa shape index (κ1) is 16.2. The number of benzene rings is 1. The number of hydrogen-bond acceptors (Lipinski definition) is 3. The molecule has 1 aromatic carbocycles. The number of piperidine rings is 1. The summed E-state index contributed by atoms with van der Waals surface area (Å²) in [4.78, 5) is 15.7. The smallest absolute Gasteiger partial charge is 0.317 e. The second-order valence-electron chi connectivity index (χ2n) is 6.19. The first-order chi connectivity index (χ1) is 11.2. The normalized spacial score (nSPS) is 22.4. The van der Waals surface area contributed by atoms with Crippen molar-refractivity contribution in [3.8, 4) is 0 Å². The number of carbonyl (C=O) groups excluding carboxylic acids is 1. The van der Waals surface area contributed by atoms with Crippen LogP contribution < -0.4 is 5.32 Å². The summed E-state index contributed by atoms with van der Waals surface area (Å²) in [7, 11) is 0. The van der Waals surface area contributed by atoms with Crippen molar-refractivity contribution < 1.29 is 13.9 Å². The van der Waals surface area contributed by atoms with E-state index < -0.39 is 0 Å². The molecule has 3 rings (SSSR count). The molecule has 0 radical (unpaired) electrons. The van der Waals surface area contributed by atoms with Gasteiger partial charge in [-0.1, -0.05) is 18.2 Å². The SMILES string of the molecule is O=C1NCCN1CCN1CCC[C@H](OCc2ccccc2F)C1. The lowest BCUT2D eigenvalue weighted by Gasteiger charge is -2.33.